The summed E-state index contributed by atoms with van der Waals surface area (Å²) in [5.41, 5.74) is 2.87. The molecule has 27 heavy (non-hydrogen) atoms. The van der Waals surface area contributed by atoms with Crippen LogP contribution in [-0.4, -0.2) is 21.1 Å². The number of phenols is 1. The van der Waals surface area contributed by atoms with Gasteiger partial charge in [-0.15, -0.1) is 10.2 Å². The standard InChI is InChI=1S/C21H17N3O3/c1-11-7-8-12(2)18-17(11)19(21(27)22-18)23-24-20(26)15-9-13-5-3-4-6-14(13)10-16(15)25/h3-10,22,25,27H,1-2H3. The van der Waals surface area contributed by atoms with Crippen molar-refractivity contribution < 1.29 is 15.0 Å². The maximum atomic E-state index is 12.5. The van der Waals surface area contributed by atoms with Crippen LogP contribution in [0.15, 0.2) is 58.8 Å². The zero-order valence-electron chi connectivity index (χ0n) is 14.8. The molecule has 0 spiro atoms. The van der Waals surface area contributed by atoms with E-state index in [0.29, 0.717) is 5.39 Å². The number of hydrogen-bond acceptors (Lipinski definition) is 4. The molecule has 0 fully saturated rings. The lowest BCUT2D eigenvalue weighted by Crippen LogP contribution is -1.94. The number of rotatable bonds is 2. The number of phenolic OH excluding ortho intramolecular Hbond substituents is 1. The van der Waals surface area contributed by atoms with Crippen molar-refractivity contribution in [3.05, 3.63) is 65.2 Å². The molecular weight excluding hydrogens is 342 g/mol. The second kappa shape index (κ2) is 6.25. The molecular formula is C21H17N3O3. The third-order valence-electron chi connectivity index (χ3n) is 4.66. The summed E-state index contributed by atoms with van der Waals surface area (Å²) in [6, 6.07) is 14.4. The molecule has 4 rings (SSSR count). The molecule has 0 aliphatic rings. The third-order valence-corrected chi connectivity index (χ3v) is 4.66. The topological polar surface area (TPSA) is 98.0 Å². The third kappa shape index (κ3) is 2.81. The van der Waals surface area contributed by atoms with Crippen molar-refractivity contribution in [1.29, 1.82) is 0 Å². The van der Waals surface area contributed by atoms with Gasteiger partial charge in [-0.2, -0.15) is 0 Å². The minimum atomic E-state index is -0.683. The summed E-state index contributed by atoms with van der Waals surface area (Å²) in [7, 11) is 0. The largest absolute Gasteiger partial charge is 0.507 e. The van der Waals surface area contributed by atoms with Gasteiger partial charge in [0.15, 0.2) is 5.69 Å². The Balaban J connectivity index is 1.77. The van der Waals surface area contributed by atoms with E-state index in [2.05, 4.69) is 15.2 Å². The van der Waals surface area contributed by atoms with E-state index in [1.807, 2.05) is 50.2 Å². The highest BCUT2D eigenvalue weighted by atomic mass is 16.3. The van der Waals surface area contributed by atoms with Crippen LogP contribution >= 0.6 is 0 Å². The molecule has 0 saturated heterocycles. The van der Waals surface area contributed by atoms with Crippen LogP contribution in [-0.2, 0) is 0 Å². The number of aromatic amines is 1. The van der Waals surface area contributed by atoms with Crippen LogP contribution in [0.3, 0.4) is 0 Å². The number of H-pyrrole nitrogens is 1. The maximum absolute atomic E-state index is 12.5. The quantitative estimate of drug-likeness (QED) is 0.425. The molecule has 0 unspecified atom stereocenters. The number of azo groups is 1. The molecule has 4 aromatic rings. The summed E-state index contributed by atoms with van der Waals surface area (Å²) in [4.78, 5) is 15.4. The summed E-state index contributed by atoms with van der Waals surface area (Å²) in [6.07, 6.45) is 0. The Morgan fingerprint density at radius 2 is 1.63 bits per heavy atom. The van der Waals surface area contributed by atoms with E-state index in [4.69, 9.17) is 0 Å². The first-order valence-electron chi connectivity index (χ1n) is 8.44. The Hall–Kier alpha value is -3.67. The van der Waals surface area contributed by atoms with Gasteiger partial charge in [0, 0.05) is 5.39 Å². The summed E-state index contributed by atoms with van der Waals surface area (Å²) in [5.74, 6) is -0.994. The van der Waals surface area contributed by atoms with Crippen molar-refractivity contribution in [3.63, 3.8) is 0 Å². The number of nitrogens with zero attached hydrogens (tertiary/aromatic N) is 2. The molecule has 6 heteroatoms. The highest BCUT2D eigenvalue weighted by Crippen LogP contribution is 2.39. The molecule has 0 radical (unpaired) electrons. The number of aromatic nitrogens is 1. The van der Waals surface area contributed by atoms with Crippen LogP contribution < -0.4 is 0 Å². The van der Waals surface area contributed by atoms with Crippen LogP contribution in [0.1, 0.15) is 21.5 Å². The molecule has 134 valence electrons. The Kier molecular flexibility index (Phi) is 3.88. The number of amides is 1. The highest BCUT2D eigenvalue weighted by molar-refractivity contribution is 6.03. The average molecular weight is 359 g/mol. The lowest BCUT2D eigenvalue weighted by molar-refractivity contribution is 0.0992. The second-order valence-corrected chi connectivity index (χ2v) is 6.49. The van der Waals surface area contributed by atoms with E-state index < -0.39 is 5.91 Å². The highest BCUT2D eigenvalue weighted by Gasteiger charge is 2.16. The Bertz CT molecular complexity index is 1240. The average Bonchev–Trinajstić information content (AvgIpc) is 2.99. The van der Waals surface area contributed by atoms with Gasteiger partial charge >= 0.3 is 0 Å². The predicted octanol–water partition coefficient (Wildman–Crippen LogP) is 5.27. The van der Waals surface area contributed by atoms with Crippen molar-refractivity contribution in [1.82, 2.24) is 4.98 Å². The molecule has 0 bridgehead atoms. The van der Waals surface area contributed by atoms with Crippen molar-refractivity contribution >= 4 is 33.3 Å². The summed E-state index contributed by atoms with van der Waals surface area (Å²) >= 11 is 0. The lowest BCUT2D eigenvalue weighted by atomic mass is 10.1. The van der Waals surface area contributed by atoms with Gasteiger partial charge in [0.2, 0.25) is 5.88 Å². The van der Waals surface area contributed by atoms with Crippen LogP contribution in [0.4, 0.5) is 5.69 Å². The normalized spacial score (nSPS) is 11.6. The number of aryl methyl sites for hydroxylation is 2. The van der Waals surface area contributed by atoms with Gasteiger partial charge in [-0.05, 0) is 47.9 Å². The van der Waals surface area contributed by atoms with Crippen molar-refractivity contribution in [2.75, 3.05) is 0 Å². The van der Waals surface area contributed by atoms with Crippen molar-refractivity contribution in [3.8, 4) is 11.6 Å². The van der Waals surface area contributed by atoms with Crippen LogP contribution in [0.2, 0.25) is 0 Å². The van der Waals surface area contributed by atoms with Crippen LogP contribution in [0, 0.1) is 13.8 Å². The fourth-order valence-corrected chi connectivity index (χ4v) is 3.22. The van der Waals surface area contributed by atoms with Gasteiger partial charge in [-0.3, -0.25) is 4.79 Å². The Morgan fingerprint density at radius 1 is 0.963 bits per heavy atom. The van der Waals surface area contributed by atoms with Gasteiger partial charge < -0.3 is 15.2 Å². The molecule has 1 aromatic heterocycles. The molecule has 0 saturated carbocycles. The summed E-state index contributed by atoms with van der Waals surface area (Å²) < 4.78 is 0. The zero-order chi connectivity index (χ0) is 19.1. The first-order chi connectivity index (χ1) is 13.0. The van der Waals surface area contributed by atoms with E-state index in [1.54, 1.807) is 6.07 Å². The second-order valence-electron chi connectivity index (χ2n) is 6.49. The van der Waals surface area contributed by atoms with E-state index in [1.165, 1.54) is 6.07 Å². The SMILES string of the molecule is Cc1ccc(C)c2c(N=NC(=O)c3cc4ccccc4cc3O)c(O)[nH]c12. The zero-order valence-corrected chi connectivity index (χ0v) is 14.8. The van der Waals surface area contributed by atoms with Gasteiger partial charge in [0.25, 0.3) is 5.91 Å². The van der Waals surface area contributed by atoms with Gasteiger partial charge in [0.1, 0.15) is 5.75 Å². The summed E-state index contributed by atoms with van der Waals surface area (Å²) in [5, 5.41) is 30.4. The molecule has 6 nitrogen and oxygen atoms in total. The number of carbonyl (C=O) groups is 1. The van der Waals surface area contributed by atoms with Gasteiger partial charge in [-0.25, -0.2) is 0 Å². The fraction of sp³-hybridized carbons (Fsp3) is 0.0952. The van der Waals surface area contributed by atoms with E-state index >= 15 is 0 Å². The predicted molar refractivity (Wildman–Crippen MR) is 104 cm³/mol. The lowest BCUT2D eigenvalue weighted by Gasteiger charge is -2.03. The van der Waals surface area contributed by atoms with Crippen molar-refractivity contribution in [2.24, 2.45) is 10.2 Å². The number of carbonyl (C=O) groups excluding carboxylic acids is 1. The Morgan fingerprint density at radius 3 is 2.37 bits per heavy atom. The molecule has 0 aliphatic heterocycles. The molecule has 3 aromatic carbocycles. The number of hydrogen-bond donors (Lipinski definition) is 3. The first-order valence-corrected chi connectivity index (χ1v) is 8.44. The van der Waals surface area contributed by atoms with Gasteiger partial charge in [0.05, 0.1) is 11.1 Å². The number of nitrogens with one attached hydrogen (secondary N) is 1. The molecule has 0 aliphatic carbocycles. The number of fused-ring (bicyclic) bond motifs is 2. The van der Waals surface area contributed by atoms with Crippen LogP contribution in [0.5, 0.6) is 11.6 Å². The number of aromatic hydroxyl groups is 2. The molecule has 1 heterocycles. The van der Waals surface area contributed by atoms with E-state index in [0.717, 1.165) is 27.4 Å². The molecule has 3 N–H and O–H groups in total. The molecule has 1 amide bonds. The number of benzene rings is 3. The maximum Gasteiger partial charge on any atom is 0.299 e. The minimum absolute atomic E-state index is 0.0599. The van der Waals surface area contributed by atoms with E-state index in [9.17, 15) is 15.0 Å². The Labute approximate surface area is 154 Å². The van der Waals surface area contributed by atoms with Crippen molar-refractivity contribution in [2.45, 2.75) is 13.8 Å². The fourth-order valence-electron chi connectivity index (χ4n) is 3.22. The van der Waals surface area contributed by atoms with E-state index in [-0.39, 0.29) is 22.9 Å². The molecule has 0 atom stereocenters. The van der Waals surface area contributed by atoms with Crippen LogP contribution in [0.25, 0.3) is 21.7 Å². The smallest absolute Gasteiger partial charge is 0.299 e. The van der Waals surface area contributed by atoms with Gasteiger partial charge in [-0.1, -0.05) is 36.4 Å². The monoisotopic (exact) mass is 359 g/mol. The first kappa shape index (κ1) is 16.8. The minimum Gasteiger partial charge on any atom is -0.507 e. The summed E-state index contributed by atoms with van der Waals surface area (Å²) in [6.45, 7) is 3.81.